The minimum atomic E-state index is -0.629. The van der Waals surface area contributed by atoms with Crippen molar-refractivity contribution in [1.82, 2.24) is 9.97 Å². The first-order valence-corrected chi connectivity index (χ1v) is 6.79. The van der Waals surface area contributed by atoms with Crippen molar-refractivity contribution in [3.63, 3.8) is 0 Å². The molecule has 0 bridgehead atoms. The Labute approximate surface area is 123 Å². The second-order valence-corrected chi connectivity index (χ2v) is 5.37. The van der Waals surface area contributed by atoms with E-state index in [0.717, 1.165) is 11.1 Å². The Balaban J connectivity index is 2.41. The van der Waals surface area contributed by atoms with Crippen molar-refractivity contribution in [2.45, 2.75) is 26.3 Å². The van der Waals surface area contributed by atoms with E-state index in [2.05, 4.69) is 15.3 Å². The van der Waals surface area contributed by atoms with Crippen LogP contribution in [0.3, 0.4) is 0 Å². The van der Waals surface area contributed by atoms with Gasteiger partial charge in [0.1, 0.15) is 16.8 Å². The average molecular weight is 292 g/mol. The lowest BCUT2D eigenvalue weighted by atomic mass is 9.93. The molecule has 0 saturated carbocycles. The molecule has 20 heavy (non-hydrogen) atoms. The van der Waals surface area contributed by atoms with Gasteiger partial charge in [-0.15, -0.1) is 0 Å². The Morgan fingerprint density at radius 2 is 1.85 bits per heavy atom. The number of benzene rings is 1. The summed E-state index contributed by atoms with van der Waals surface area (Å²) in [6, 6.07) is 9.76. The van der Waals surface area contributed by atoms with Gasteiger partial charge >= 0.3 is 0 Å². The van der Waals surface area contributed by atoms with Gasteiger partial charge in [0, 0.05) is 5.56 Å². The number of nitrogens with one attached hydrogen (secondary N) is 1. The molecule has 1 aromatic heterocycles. The summed E-state index contributed by atoms with van der Waals surface area (Å²) in [4.78, 5) is 8.49. The highest BCUT2D eigenvalue weighted by Crippen LogP contribution is 2.28. The average Bonchev–Trinajstić information content (AvgIpc) is 2.45. The molecular formula is C15H18ClN3O. The predicted molar refractivity (Wildman–Crippen MR) is 81.0 cm³/mol. The molecule has 2 N–H and O–H groups in total. The lowest BCUT2D eigenvalue weighted by Gasteiger charge is -2.30. The summed E-state index contributed by atoms with van der Waals surface area (Å²) >= 11 is 6.08. The molecule has 1 unspecified atom stereocenters. The molecule has 0 radical (unpaired) electrons. The van der Waals surface area contributed by atoms with Crippen LogP contribution in [0, 0.1) is 13.8 Å². The summed E-state index contributed by atoms with van der Waals surface area (Å²) in [7, 11) is 0. The number of hydrogen-bond acceptors (Lipinski definition) is 4. The van der Waals surface area contributed by atoms with E-state index in [4.69, 9.17) is 11.6 Å². The van der Waals surface area contributed by atoms with Crippen LogP contribution in [0.4, 0.5) is 5.82 Å². The first kappa shape index (κ1) is 14.8. The van der Waals surface area contributed by atoms with Crippen LogP contribution in [-0.4, -0.2) is 21.7 Å². The predicted octanol–water partition coefficient (Wildman–Crippen LogP) is 3.07. The van der Waals surface area contributed by atoms with Crippen LogP contribution in [0.25, 0.3) is 0 Å². The Hall–Kier alpha value is -1.65. The third kappa shape index (κ3) is 2.92. The molecule has 2 rings (SSSR count). The number of aryl methyl sites for hydroxylation is 1. The lowest BCUT2D eigenvalue weighted by molar-refractivity contribution is 0.223. The fourth-order valence-corrected chi connectivity index (χ4v) is 2.20. The number of aliphatic hydroxyl groups is 1. The summed E-state index contributed by atoms with van der Waals surface area (Å²) in [5.74, 6) is 1.24. The van der Waals surface area contributed by atoms with Gasteiger partial charge in [0.15, 0.2) is 0 Å². The topological polar surface area (TPSA) is 58.0 Å². The SMILES string of the molecule is Cc1nc(Cl)c(C)c(NC(C)(CO)c2ccccc2)n1. The molecule has 0 aliphatic heterocycles. The van der Waals surface area contributed by atoms with E-state index >= 15 is 0 Å². The molecule has 0 aliphatic rings. The maximum absolute atomic E-state index is 9.79. The fraction of sp³-hybridized carbons (Fsp3) is 0.333. The zero-order chi connectivity index (χ0) is 14.8. The van der Waals surface area contributed by atoms with Crippen molar-refractivity contribution in [2.24, 2.45) is 0 Å². The standard InChI is InChI=1S/C15H18ClN3O/c1-10-13(16)17-11(2)18-14(10)19-15(3,9-20)12-7-5-4-6-8-12/h4-8,20H,9H2,1-3H3,(H,17,18,19). The van der Waals surface area contributed by atoms with Crippen LogP contribution in [0.5, 0.6) is 0 Å². The number of nitrogens with zero attached hydrogens (tertiary/aromatic N) is 2. The van der Waals surface area contributed by atoms with Gasteiger partial charge in [-0.25, -0.2) is 9.97 Å². The van der Waals surface area contributed by atoms with E-state index in [1.165, 1.54) is 0 Å². The number of anilines is 1. The van der Waals surface area contributed by atoms with E-state index in [1.807, 2.05) is 44.2 Å². The third-order valence-electron chi connectivity index (χ3n) is 3.32. The summed E-state index contributed by atoms with van der Waals surface area (Å²) in [6.07, 6.45) is 0. The quantitative estimate of drug-likeness (QED) is 0.850. The molecule has 2 aromatic rings. The number of aromatic nitrogens is 2. The van der Waals surface area contributed by atoms with E-state index < -0.39 is 5.54 Å². The minimum Gasteiger partial charge on any atom is -0.394 e. The first-order valence-electron chi connectivity index (χ1n) is 6.41. The molecule has 1 heterocycles. The van der Waals surface area contributed by atoms with Gasteiger partial charge in [-0.3, -0.25) is 0 Å². The highest BCUT2D eigenvalue weighted by Gasteiger charge is 2.27. The molecule has 0 amide bonds. The Morgan fingerprint density at radius 1 is 1.20 bits per heavy atom. The van der Waals surface area contributed by atoms with Gasteiger partial charge in [0.05, 0.1) is 12.1 Å². The van der Waals surface area contributed by atoms with Gasteiger partial charge in [0.2, 0.25) is 0 Å². The van der Waals surface area contributed by atoms with E-state index in [1.54, 1.807) is 6.92 Å². The molecule has 5 heteroatoms. The smallest absolute Gasteiger partial charge is 0.137 e. The van der Waals surface area contributed by atoms with Crippen LogP contribution < -0.4 is 5.32 Å². The molecular weight excluding hydrogens is 274 g/mol. The molecule has 0 aliphatic carbocycles. The van der Waals surface area contributed by atoms with Crippen molar-refractivity contribution in [3.8, 4) is 0 Å². The van der Waals surface area contributed by atoms with Crippen LogP contribution >= 0.6 is 11.6 Å². The highest BCUT2D eigenvalue weighted by molar-refractivity contribution is 6.30. The normalized spacial score (nSPS) is 13.8. The Morgan fingerprint density at radius 3 is 2.45 bits per heavy atom. The van der Waals surface area contributed by atoms with Crippen LogP contribution in [0.1, 0.15) is 23.9 Å². The largest absolute Gasteiger partial charge is 0.394 e. The fourth-order valence-electron chi connectivity index (χ4n) is 1.99. The molecule has 4 nitrogen and oxygen atoms in total. The number of aliphatic hydroxyl groups excluding tert-OH is 1. The van der Waals surface area contributed by atoms with Crippen LogP contribution in [0.2, 0.25) is 5.15 Å². The zero-order valence-electron chi connectivity index (χ0n) is 11.8. The van der Waals surface area contributed by atoms with Crippen LogP contribution in [-0.2, 0) is 5.54 Å². The third-order valence-corrected chi connectivity index (χ3v) is 3.69. The van der Waals surface area contributed by atoms with Gasteiger partial charge in [0.25, 0.3) is 0 Å². The molecule has 0 saturated heterocycles. The minimum absolute atomic E-state index is 0.0584. The number of rotatable bonds is 4. The first-order chi connectivity index (χ1) is 9.46. The van der Waals surface area contributed by atoms with Crippen molar-refractivity contribution in [3.05, 3.63) is 52.4 Å². The van der Waals surface area contributed by atoms with Crippen molar-refractivity contribution in [1.29, 1.82) is 0 Å². The lowest BCUT2D eigenvalue weighted by Crippen LogP contribution is -2.36. The van der Waals surface area contributed by atoms with Crippen molar-refractivity contribution < 1.29 is 5.11 Å². The summed E-state index contributed by atoms with van der Waals surface area (Å²) in [5, 5.41) is 13.5. The van der Waals surface area contributed by atoms with Crippen molar-refractivity contribution in [2.75, 3.05) is 11.9 Å². The highest BCUT2D eigenvalue weighted by atomic mass is 35.5. The second kappa shape index (κ2) is 5.77. The number of halogens is 1. The molecule has 1 atom stereocenters. The summed E-state index contributed by atoms with van der Waals surface area (Å²) in [6.45, 7) is 5.51. The summed E-state index contributed by atoms with van der Waals surface area (Å²) < 4.78 is 0. The molecule has 0 fully saturated rings. The Bertz CT molecular complexity index is 604. The number of hydrogen-bond donors (Lipinski definition) is 2. The van der Waals surface area contributed by atoms with Gasteiger partial charge in [-0.1, -0.05) is 41.9 Å². The second-order valence-electron chi connectivity index (χ2n) is 5.02. The maximum Gasteiger partial charge on any atom is 0.137 e. The van der Waals surface area contributed by atoms with E-state index in [-0.39, 0.29) is 6.61 Å². The maximum atomic E-state index is 9.79. The van der Waals surface area contributed by atoms with Gasteiger partial charge in [-0.05, 0) is 26.3 Å². The molecule has 0 spiro atoms. The van der Waals surface area contributed by atoms with Gasteiger partial charge in [-0.2, -0.15) is 0 Å². The molecule has 106 valence electrons. The summed E-state index contributed by atoms with van der Waals surface area (Å²) in [5.41, 5.74) is 1.12. The molecule has 1 aromatic carbocycles. The Kier molecular flexibility index (Phi) is 4.26. The van der Waals surface area contributed by atoms with E-state index in [9.17, 15) is 5.11 Å². The van der Waals surface area contributed by atoms with Gasteiger partial charge < -0.3 is 10.4 Å². The monoisotopic (exact) mass is 291 g/mol. The zero-order valence-corrected chi connectivity index (χ0v) is 12.6. The van der Waals surface area contributed by atoms with E-state index in [0.29, 0.717) is 16.8 Å². The van der Waals surface area contributed by atoms with Crippen molar-refractivity contribution >= 4 is 17.4 Å². The van der Waals surface area contributed by atoms with Crippen LogP contribution in [0.15, 0.2) is 30.3 Å².